The molecule has 1 saturated heterocycles. The van der Waals surface area contributed by atoms with E-state index in [-0.39, 0.29) is 23.8 Å². The molecule has 1 aliphatic heterocycles. The Labute approximate surface area is 158 Å². The molecule has 0 aliphatic carbocycles. The van der Waals surface area contributed by atoms with E-state index in [0.717, 1.165) is 22.8 Å². The molecule has 1 aromatic carbocycles. The number of thiazole rings is 1. The zero-order chi connectivity index (χ0) is 19.6. The molecule has 0 atom stereocenters. The maximum Gasteiger partial charge on any atom is 0.416 e. The maximum atomic E-state index is 12.6. The van der Waals surface area contributed by atoms with Crippen molar-refractivity contribution in [1.29, 1.82) is 0 Å². The van der Waals surface area contributed by atoms with Crippen molar-refractivity contribution in [2.45, 2.75) is 19.5 Å². The number of nitrogens with zero attached hydrogens (tertiary/aromatic N) is 3. The number of carbonyl (C=O) groups is 2. The molecular formula is C18H18F3N3O2S. The quantitative estimate of drug-likeness (QED) is 0.800. The summed E-state index contributed by atoms with van der Waals surface area (Å²) in [5.74, 6) is -0.368. The molecule has 0 bridgehead atoms. The Bertz CT molecular complexity index is 825. The van der Waals surface area contributed by atoms with Gasteiger partial charge in [-0.25, -0.2) is 4.98 Å². The summed E-state index contributed by atoms with van der Waals surface area (Å²) in [5.41, 5.74) is 0.165. The van der Waals surface area contributed by atoms with E-state index in [0.29, 0.717) is 26.2 Å². The predicted octanol–water partition coefficient (Wildman–Crippen LogP) is 3.00. The Morgan fingerprint density at radius 3 is 2.19 bits per heavy atom. The molecule has 144 valence electrons. The molecule has 9 heteroatoms. The first-order valence-corrected chi connectivity index (χ1v) is 9.27. The van der Waals surface area contributed by atoms with E-state index in [1.807, 2.05) is 12.3 Å². The minimum atomic E-state index is -4.43. The highest BCUT2D eigenvalue weighted by atomic mass is 32.1. The van der Waals surface area contributed by atoms with Crippen molar-refractivity contribution in [1.82, 2.24) is 14.8 Å². The molecule has 2 amide bonds. The van der Waals surface area contributed by atoms with Crippen LogP contribution in [0.15, 0.2) is 29.6 Å². The van der Waals surface area contributed by atoms with Crippen molar-refractivity contribution >= 4 is 23.2 Å². The third-order valence-electron chi connectivity index (χ3n) is 4.38. The molecule has 0 unspecified atom stereocenters. The van der Waals surface area contributed by atoms with Crippen molar-refractivity contribution in [3.8, 4) is 0 Å². The topological polar surface area (TPSA) is 53.5 Å². The Kier molecular flexibility index (Phi) is 5.50. The highest BCUT2D eigenvalue weighted by Gasteiger charge is 2.31. The van der Waals surface area contributed by atoms with Crippen molar-refractivity contribution in [2.24, 2.45) is 0 Å². The van der Waals surface area contributed by atoms with Crippen molar-refractivity contribution < 1.29 is 22.8 Å². The minimum Gasteiger partial charge on any atom is -0.339 e. The number of halogens is 3. The first-order valence-electron chi connectivity index (χ1n) is 8.39. The van der Waals surface area contributed by atoms with Crippen LogP contribution in [0, 0.1) is 6.92 Å². The van der Waals surface area contributed by atoms with Gasteiger partial charge in [0.15, 0.2) is 0 Å². The normalized spacial score (nSPS) is 15.1. The van der Waals surface area contributed by atoms with Gasteiger partial charge in [-0.3, -0.25) is 9.59 Å². The fourth-order valence-electron chi connectivity index (χ4n) is 2.90. The van der Waals surface area contributed by atoms with Crippen LogP contribution in [0.1, 0.15) is 26.6 Å². The van der Waals surface area contributed by atoms with Gasteiger partial charge in [0.05, 0.1) is 22.7 Å². The van der Waals surface area contributed by atoms with E-state index in [9.17, 15) is 22.8 Å². The molecule has 1 aromatic heterocycles. The molecule has 0 N–H and O–H groups in total. The van der Waals surface area contributed by atoms with Gasteiger partial charge in [0.1, 0.15) is 0 Å². The summed E-state index contributed by atoms with van der Waals surface area (Å²) in [5, 5.41) is 2.77. The van der Waals surface area contributed by atoms with E-state index >= 15 is 0 Å². The van der Waals surface area contributed by atoms with Crippen LogP contribution in [0.3, 0.4) is 0 Å². The summed E-state index contributed by atoms with van der Waals surface area (Å²) in [6, 6.07) is 4.19. The molecule has 0 radical (unpaired) electrons. The molecule has 2 heterocycles. The Balaban J connectivity index is 1.55. The van der Waals surface area contributed by atoms with Gasteiger partial charge < -0.3 is 9.80 Å². The zero-order valence-corrected chi connectivity index (χ0v) is 15.4. The molecule has 1 aliphatic rings. The monoisotopic (exact) mass is 397 g/mol. The summed E-state index contributed by atoms with van der Waals surface area (Å²) >= 11 is 1.49. The Morgan fingerprint density at radius 2 is 1.67 bits per heavy atom. The second-order valence-corrected chi connectivity index (χ2v) is 7.34. The molecule has 2 aromatic rings. The van der Waals surface area contributed by atoms with Gasteiger partial charge in [-0.2, -0.15) is 13.2 Å². The summed E-state index contributed by atoms with van der Waals surface area (Å²) < 4.78 is 37.8. The fraction of sp³-hybridized carbons (Fsp3) is 0.389. The summed E-state index contributed by atoms with van der Waals surface area (Å²) in [7, 11) is 0. The first-order chi connectivity index (χ1) is 12.7. The largest absolute Gasteiger partial charge is 0.416 e. The minimum absolute atomic E-state index is 0.0399. The first kappa shape index (κ1) is 19.3. The number of aryl methyl sites for hydroxylation is 1. The van der Waals surface area contributed by atoms with E-state index in [2.05, 4.69) is 4.98 Å². The molecule has 0 spiro atoms. The van der Waals surface area contributed by atoms with E-state index in [4.69, 9.17) is 0 Å². The molecule has 3 rings (SSSR count). The number of hydrogen-bond acceptors (Lipinski definition) is 4. The van der Waals surface area contributed by atoms with Crippen molar-refractivity contribution in [2.75, 3.05) is 26.2 Å². The lowest BCUT2D eigenvalue weighted by molar-refractivity contribution is -0.137. The number of hydrogen-bond donors (Lipinski definition) is 0. The average molecular weight is 397 g/mol. The second kappa shape index (κ2) is 7.67. The van der Waals surface area contributed by atoms with Gasteiger partial charge in [-0.05, 0) is 31.2 Å². The van der Waals surface area contributed by atoms with Crippen LogP contribution in [0.25, 0.3) is 0 Å². The lowest BCUT2D eigenvalue weighted by Gasteiger charge is -2.34. The van der Waals surface area contributed by atoms with E-state index < -0.39 is 11.7 Å². The van der Waals surface area contributed by atoms with Gasteiger partial charge in [0, 0.05) is 37.1 Å². The van der Waals surface area contributed by atoms with Crippen LogP contribution in [0.2, 0.25) is 0 Å². The Morgan fingerprint density at radius 1 is 1.07 bits per heavy atom. The smallest absolute Gasteiger partial charge is 0.339 e. The molecular weight excluding hydrogens is 379 g/mol. The second-order valence-electron chi connectivity index (χ2n) is 6.28. The summed E-state index contributed by atoms with van der Waals surface area (Å²) in [4.78, 5) is 32.3. The lowest BCUT2D eigenvalue weighted by atomic mass is 10.1. The van der Waals surface area contributed by atoms with Crippen LogP contribution >= 0.6 is 11.3 Å². The van der Waals surface area contributed by atoms with Crippen molar-refractivity contribution in [3.63, 3.8) is 0 Å². The number of aromatic nitrogens is 1. The molecule has 0 saturated carbocycles. The van der Waals surface area contributed by atoms with Gasteiger partial charge in [-0.15, -0.1) is 11.3 Å². The van der Waals surface area contributed by atoms with Crippen LogP contribution < -0.4 is 0 Å². The number of benzene rings is 1. The van der Waals surface area contributed by atoms with Crippen molar-refractivity contribution in [3.05, 3.63) is 51.5 Å². The fourth-order valence-corrected chi connectivity index (χ4v) is 3.51. The zero-order valence-electron chi connectivity index (χ0n) is 14.6. The van der Waals surface area contributed by atoms with E-state index in [1.54, 1.807) is 9.80 Å². The third-order valence-corrected chi connectivity index (χ3v) is 5.20. The van der Waals surface area contributed by atoms with Gasteiger partial charge in [0.2, 0.25) is 5.91 Å². The number of rotatable bonds is 3. The summed E-state index contributed by atoms with van der Waals surface area (Å²) in [6.07, 6.45) is -4.19. The van der Waals surface area contributed by atoms with Crippen LogP contribution in [-0.2, 0) is 17.4 Å². The van der Waals surface area contributed by atoms with E-state index in [1.165, 1.54) is 23.5 Å². The highest BCUT2D eigenvalue weighted by molar-refractivity contribution is 7.09. The van der Waals surface area contributed by atoms with Gasteiger partial charge in [-0.1, -0.05) is 0 Å². The predicted molar refractivity (Wildman–Crippen MR) is 94.5 cm³/mol. The maximum absolute atomic E-state index is 12.6. The standard InChI is InChI=1S/C18H18F3N3O2S/c1-12-22-15(11-27-12)10-16(25)23-6-8-24(9-7-23)17(26)13-2-4-14(5-3-13)18(19,20)21/h2-5,11H,6-10H2,1H3. The number of amides is 2. The third kappa shape index (κ3) is 4.65. The van der Waals surface area contributed by atoms with Crippen LogP contribution in [-0.4, -0.2) is 52.8 Å². The molecule has 27 heavy (non-hydrogen) atoms. The van der Waals surface area contributed by atoms with Crippen LogP contribution in [0.5, 0.6) is 0 Å². The number of piperazine rings is 1. The number of carbonyl (C=O) groups excluding carboxylic acids is 2. The van der Waals surface area contributed by atoms with Gasteiger partial charge in [0.25, 0.3) is 5.91 Å². The van der Waals surface area contributed by atoms with Crippen LogP contribution in [0.4, 0.5) is 13.2 Å². The summed E-state index contributed by atoms with van der Waals surface area (Å²) in [6.45, 7) is 3.37. The number of alkyl halides is 3. The Hall–Kier alpha value is -2.42. The highest BCUT2D eigenvalue weighted by Crippen LogP contribution is 2.29. The molecule has 1 fully saturated rings. The molecule has 5 nitrogen and oxygen atoms in total. The lowest BCUT2D eigenvalue weighted by Crippen LogP contribution is -2.51. The average Bonchev–Trinajstić information content (AvgIpc) is 3.05. The van der Waals surface area contributed by atoms with Gasteiger partial charge >= 0.3 is 6.18 Å². The SMILES string of the molecule is Cc1nc(CC(=O)N2CCN(C(=O)c3ccc(C(F)(F)F)cc3)CC2)cs1.